The fourth-order valence-electron chi connectivity index (χ4n) is 2.33. The fraction of sp³-hybridized carbons (Fsp3) is 0. The predicted molar refractivity (Wildman–Crippen MR) is 101 cm³/mol. The van der Waals surface area contributed by atoms with E-state index in [1.807, 2.05) is 42.5 Å². The van der Waals surface area contributed by atoms with Crippen LogP contribution < -0.4 is 10.1 Å². The highest BCUT2D eigenvalue weighted by Gasteiger charge is 2.12. The average molecular weight is 419 g/mol. The minimum Gasteiger partial charge on any atom is -0.266 e. The highest BCUT2D eigenvalue weighted by molar-refractivity contribution is 9.10. The number of benzene rings is 2. The van der Waals surface area contributed by atoms with E-state index < -0.39 is 0 Å². The van der Waals surface area contributed by atoms with Crippen LogP contribution in [0.1, 0.15) is 5.56 Å². The normalized spacial score (nSPS) is 12.2. The molecule has 4 rings (SSSR count). The molecule has 2 aromatic carbocycles. The Hall–Kier alpha value is -2.02. The molecule has 7 heteroatoms. The Labute approximate surface area is 154 Å². The first kappa shape index (κ1) is 15.5. The zero-order valence-corrected chi connectivity index (χ0v) is 15.3. The Kier molecular flexibility index (Phi) is 3.96. The molecule has 0 saturated heterocycles. The van der Waals surface area contributed by atoms with Crippen molar-refractivity contribution < 1.29 is 0 Å². The predicted octanol–water partition coefficient (Wildman–Crippen LogP) is 3.78. The second kappa shape index (κ2) is 6.12. The fourth-order valence-corrected chi connectivity index (χ4v) is 3.85. The van der Waals surface area contributed by atoms with Crippen molar-refractivity contribution in [3.8, 4) is 11.4 Å². The van der Waals surface area contributed by atoms with Gasteiger partial charge in [-0.25, -0.2) is 0 Å². The van der Waals surface area contributed by atoms with Crippen LogP contribution in [0.15, 0.2) is 57.8 Å². The van der Waals surface area contributed by atoms with Gasteiger partial charge in [-0.05, 0) is 35.9 Å². The van der Waals surface area contributed by atoms with Crippen LogP contribution in [0.25, 0.3) is 22.4 Å². The molecule has 0 spiro atoms. The summed E-state index contributed by atoms with van der Waals surface area (Å²) in [6.07, 6.45) is 1.84. The first-order valence-electron chi connectivity index (χ1n) is 7.03. The number of hydrogen-bond acceptors (Lipinski definition) is 4. The molecular formula is C17H9BrClN3OS. The van der Waals surface area contributed by atoms with Crippen molar-refractivity contribution in [2.75, 3.05) is 0 Å². The van der Waals surface area contributed by atoms with Crippen molar-refractivity contribution in [3.05, 3.63) is 78.5 Å². The molecule has 0 aliphatic carbocycles. The first-order chi connectivity index (χ1) is 11.6. The number of nitrogens with zero attached hydrogens (tertiary/aromatic N) is 3. The Morgan fingerprint density at radius 1 is 1.17 bits per heavy atom. The van der Waals surface area contributed by atoms with Crippen molar-refractivity contribution in [2.24, 2.45) is 0 Å². The third-order valence-corrected chi connectivity index (χ3v) is 5.10. The summed E-state index contributed by atoms with van der Waals surface area (Å²) < 4.78 is 2.90. The van der Waals surface area contributed by atoms with Crippen molar-refractivity contribution in [1.82, 2.24) is 14.6 Å². The molecule has 0 unspecified atom stereocenters. The lowest BCUT2D eigenvalue weighted by molar-refractivity contribution is 0.937. The van der Waals surface area contributed by atoms with Crippen LogP contribution in [0, 0.1) is 0 Å². The van der Waals surface area contributed by atoms with Gasteiger partial charge in [0.2, 0.25) is 4.96 Å². The van der Waals surface area contributed by atoms with Crippen LogP contribution in [0.3, 0.4) is 0 Å². The molecule has 4 aromatic rings. The van der Waals surface area contributed by atoms with E-state index in [4.69, 9.17) is 11.6 Å². The van der Waals surface area contributed by atoms with Crippen molar-refractivity contribution in [2.45, 2.75) is 0 Å². The second-order valence-electron chi connectivity index (χ2n) is 5.11. The SMILES string of the molecule is O=c1/c(=C/c2cccc(Br)c2)sc2nc(-c3cccc(Cl)c3)nn12. The molecule has 0 aliphatic rings. The Morgan fingerprint density at radius 2 is 2.00 bits per heavy atom. The topological polar surface area (TPSA) is 47.3 Å². The average Bonchev–Trinajstić information content (AvgIpc) is 3.08. The van der Waals surface area contributed by atoms with E-state index in [1.165, 1.54) is 15.9 Å². The van der Waals surface area contributed by atoms with Gasteiger partial charge >= 0.3 is 0 Å². The van der Waals surface area contributed by atoms with Crippen LogP contribution >= 0.6 is 38.9 Å². The highest BCUT2D eigenvalue weighted by Crippen LogP contribution is 2.20. The standard InChI is InChI=1S/C17H9BrClN3OS/c18-12-5-1-3-10(7-12)8-14-16(23)22-17(24-14)20-15(21-22)11-4-2-6-13(19)9-11/h1-9H/b14-8-. The summed E-state index contributed by atoms with van der Waals surface area (Å²) in [5, 5.41) is 4.93. The number of rotatable bonds is 2. The largest absolute Gasteiger partial charge is 0.291 e. The minimum atomic E-state index is -0.171. The van der Waals surface area contributed by atoms with Gasteiger partial charge < -0.3 is 0 Å². The van der Waals surface area contributed by atoms with Crippen LogP contribution in [0.2, 0.25) is 5.02 Å². The maximum atomic E-state index is 12.5. The van der Waals surface area contributed by atoms with Gasteiger partial charge in [0.1, 0.15) is 0 Å². The number of halogens is 2. The molecule has 4 nitrogen and oxygen atoms in total. The van der Waals surface area contributed by atoms with E-state index in [1.54, 1.807) is 12.1 Å². The van der Waals surface area contributed by atoms with Crippen LogP contribution in [-0.2, 0) is 0 Å². The summed E-state index contributed by atoms with van der Waals surface area (Å²) in [5.41, 5.74) is 1.56. The lowest BCUT2D eigenvalue weighted by atomic mass is 10.2. The summed E-state index contributed by atoms with van der Waals surface area (Å²) in [4.78, 5) is 17.5. The van der Waals surface area contributed by atoms with E-state index >= 15 is 0 Å². The quantitative estimate of drug-likeness (QED) is 0.498. The summed E-state index contributed by atoms with van der Waals surface area (Å²) in [7, 11) is 0. The second-order valence-corrected chi connectivity index (χ2v) is 7.47. The Balaban J connectivity index is 1.83. The van der Waals surface area contributed by atoms with Crippen LogP contribution in [0.5, 0.6) is 0 Å². The molecule has 0 aliphatic heterocycles. The zero-order chi connectivity index (χ0) is 16.7. The molecule has 0 saturated carbocycles. The number of aromatic nitrogens is 3. The molecule has 0 bridgehead atoms. The van der Waals surface area contributed by atoms with Gasteiger partial charge in [-0.3, -0.25) is 4.79 Å². The van der Waals surface area contributed by atoms with Gasteiger partial charge in [-0.15, -0.1) is 5.10 Å². The van der Waals surface area contributed by atoms with Gasteiger partial charge in [-0.1, -0.05) is 63.1 Å². The molecule has 0 radical (unpaired) electrons. The summed E-state index contributed by atoms with van der Waals surface area (Å²) in [6, 6.07) is 15.0. The van der Waals surface area contributed by atoms with E-state index in [0.29, 0.717) is 20.3 Å². The van der Waals surface area contributed by atoms with Gasteiger partial charge in [0, 0.05) is 15.1 Å². The lowest BCUT2D eigenvalue weighted by Crippen LogP contribution is -2.23. The van der Waals surface area contributed by atoms with Crippen LogP contribution in [0.4, 0.5) is 0 Å². The molecule has 2 heterocycles. The van der Waals surface area contributed by atoms with Crippen molar-refractivity contribution >= 4 is 49.9 Å². The van der Waals surface area contributed by atoms with E-state index in [0.717, 1.165) is 15.6 Å². The van der Waals surface area contributed by atoms with Gasteiger partial charge in [0.25, 0.3) is 5.56 Å². The Bertz CT molecular complexity index is 1170. The zero-order valence-electron chi connectivity index (χ0n) is 12.1. The molecular weight excluding hydrogens is 410 g/mol. The van der Waals surface area contributed by atoms with Gasteiger partial charge in [0.15, 0.2) is 5.82 Å². The third-order valence-electron chi connectivity index (χ3n) is 3.41. The molecule has 0 N–H and O–H groups in total. The number of fused-ring (bicyclic) bond motifs is 1. The van der Waals surface area contributed by atoms with E-state index in [2.05, 4.69) is 26.0 Å². The number of thiazole rings is 1. The highest BCUT2D eigenvalue weighted by atomic mass is 79.9. The summed E-state index contributed by atoms with van der Waals surface area (Å²) in [6.45, 7) is 0. The maximum Gasteiger partial charge on any atom is 0.291 e. The lowest BCUT2D eigenvalue weighted by Gasteiger charge is -1.94. The molecule has 24 heavy (non-hydrogen) atoms. The van der Waals surface area contributed by atoms with Crippen molar-refractivity contribution in [3.63, 3.8) is 0 Å². The summed E-state index contributed by atoms with van der Waals surface area (Å²) >= 11 is 10.7. The van der Waals surface area contributed by atoms with Gasteiger partial charge in [0.05, 0.1) is 4.53 Å². The molecule has 0 fully saturated rings. The summed E-state index contributed by atoms with van der Waals surface area (Å²) in [5.74, 6) is 0.495. The minimum absolute atomic E-state index is 0.171. The molecule has 2 aromatic heterocycles. The van der Waals surface area contributed by atoms with Crippen LogP contribution in [-0.4, -0.2) is 14.6 Å². The third kappa shape index (κ3) is 2.88. The van der Waals surface area contributed by atoms with Crippen molar-refractivity contribution in [1.29, 1.82) is 0 Å². The maximum absolute atomic E-state index is 12.5. The monoisotopic (exact) mass is 417 g/mol. The Morgan fingerprint density at radius 3 is 2.75 bits per heavy atom. The molecule has 118 valence electrons. The molecule has 0 amide bonds. The van der Waals surface area contributed by atoms with Gasteiger partial charge in [-0.2, -0.15) is 9.50 Å². The first-order valence-corrected chi connectivity index (χ1v) is 9.02. The molecule has 0 atom stereocenters. The van der Waals surface area contributed by atoms with E-state index in [9.17, 15) is 4.79 Å². The number of hydrogen-bond donors (Lipinski definition) is 0. The van der Waals surface area contributed by atoms with E-state index in [-0.39, 0.29) is 5.56 Å². The smallest absolute Gasteiger partial charge is 0.266 e.